The molecule has 2 aromatic carbocycles. The molecule has 21 heavy (non-hydrogen) atoms. The largest absolute Gasteiger partial charge is 0.506 e. The second kappa shape index (κ2) is 5.38. The number of carbonyl (C=O) groups excluding carboxylic acids is 1. The SMILES string of the molecule is O=C(c1ccccc1)c1cn(-c2cc(Cl)ccc2O)nn1. The van der Waals surface area contributed by atoms with Crippen molar-refractivity contribution in [1.82, 2.24) is 15.0 Å². The number of halogens is 1. The van der Waals surface area contributed by atoms with Gasteiger partial charge in [-0.1, -0.05) is 47.1 Å². The lowest BCUT2D eigenvalue weighted by molar-refractivity contribution is 0.103. The first kappa shape index (κ1) is 13.3. The lowest BCUT2D eigenvalue weighted by Crippen LogP contribution is -2.01. The molecule has 0 saturated carbocycles. The van der Waals surface area contributed by atoms with Gasteiger partial charge < -0.3 is 5.11 Å². The standard InChI is InChI=1S/C15H10ClN3O2/c16-11-6-7-14(20)13(8-11)19-9-12(17-18-19)15(21)10-4-2-1-3-5-10/h1-9,20H. The van der Waals surface area contributed by atoms with Gasteiger partial charge in [-0.3, -0.25) is 4.79 Å². The highest BCUT2D eigenvalue weighted by Crippen LogP contribution is 2.24. The van der Waals surface area contributed by atoms with Crippen molar-refractivity contribution in [3.63, 3.8) is 0 Å². The highest BCUT2D eigenvalue weighted by Gasteiger charge is 2.15. The van der Waals surface area contributed by atoms with Crippen LogP contribution in [0.15, 0.2) is 54.7 Å². The maximum atomic E-state index is 12.2. The fourth-order valence-corrected chi connectivity index (χ4v) is 2.07. The third-order valence-electron chi connectivity index (χ3n) is 2.95. The molecule has 6 heteroatoms. The zero-order chi connectivity index (χ0) is 14.8. The molecule has 3 aromatic rings. The molecule has 0 unspecified atom stereocenters. The number of nitrogens with zero attached hydrogens (tertiary/aromatic N) is 3. The average Bonchev–Trinajstić information content (AvgIpc) is 2.99. The summed E-state index contributed by atoms with van der Waals surface area (Å²) in [5, 5.41) is 18.0. The predicted octanol–water partition coefficient (Wildman–Crippen LogP) is 2.86. The Labute approximate surface area is 125 Å². The van der Waals surface area contributed by atoms with Crippen LogP contribution >= 0.6 is 11.6 Å². The lowest BCUT2D eigenvalue weighted by Gasteiger charge is -2.03. The molecule has 0 amide bonds. The molecule has 1 aromatic heterocycles. The first-order valence-corrected chi connectivity index (χ1v) is 6.54. The fourth-order valence-electron chi connectivity index (χ4n) is 1.90. The van der Waals surface area contributed by atoms with E-state index >= 15 is 0 Å². The zero-order valence-electron chi connectivity index (χ0n) is 10.8. The molecule has 0 fully saturated rings. The van der Waals surface area contributed by atoms with E-state index < -0.39 is 0 Å². The summed E-state index contributed by atoms with van der Waals surface area (Å²) in [4.78, 5) is 12.2. The first-order chi connectivity index (χ1) is 10.1. The third-order valence-corrected chi connectivity index (χ3v) is 3.18. The van der Waals surface area contributed by atoms with Gasteiger partial charge in [0, 0.05) is 10.6 Å². The number of hydrogen-bond acceptors (Lipinski definition) is 4. The van der Waals surface area contributed by atoms with Crippen LogP contribution < -0.4 is 0 Å². The molecule has 104 valence electrons. The summed E-state index contributed by atoms with van der Waals surface area (Å²) in [6, 6.07) is 13.4. The van der Waals surface area contributed by atoms with Gasteiger partial charge in [0.05, 0.1) is 6.20 Å². The number of ketones is 1. The van der Waals surface area contributed by atoms with Crippen molar-refractivity contribution >= 4 is 17.4 Å². The Morgan fingerprint density at radius 2 is 1.90 bits per heavy atom. The molecule has 0 aliphatic carbocycles. The van der Waals surface area contributed by atoms with Gasteiger partial charge in [-0.15, -0.1) is 5.10 Å². The maximum absolute atomic E-state index is 12.2. The number of aromatic hydroxyl groups is 1. The second-order valence-corrected chi connectivity index (χ2v) is 4.81. The summed E-state index contributed by atoms with van der Waals surface area (Å²) in [5.74, 6) is -0.230. The van der Waals surface area contributed by atoms with Crippen LogP contribution in [0.1, 0.15) is 16.1 Å². The summed E-state index contributed by atoms with van der Waals surface area (Å²) in [5.41, 5.74) is 1.09. The second-order valence-electron chi connectivity index (χ2n) is 4.38. The van der Waals surface area contributed by atoms with Gasteiger partial charge in [-0.2, -0.15) is 0 Å². The van der Waals surface area contributed by atoms with E-state index in [0.717, 1.165) is 0 Å². The predicted molar refractivity (Wildman–Crippen MR) is 77.9 cm³/mol. The molecular formula is C15H10ClN3O2. The van der Waals surface area contributed by atoms with E-state index in [1.165, 1.54) is 16.9 Å². The number of aromatic nitrogens is 3. The number of phenolic OH excluding ortho intramolecular Hbond substituents is 1. The van der Waals surface area contributed by atoms with Crippen molar-refractivity contribution in [1.29, 1.82) is 0 Å². The van der Waals surface area contributed by atoms with Crippen LogP contribution in [-0.4, -0.2) is 25.9 Å². The fraction of sp³-hybridized carbons (Fsp3) is 0. The first-order valence-electron chi connectivity index (χ1n) is 6.16. The van der Waals surface area contributed by atoms with E-state index in [9.17, 15) is 9.90 Å². The molecule has 0 saturated heterocycles. The molecule has 0 spiro atoms. The van der Waals surface area contributed by atoms with E-state index in [1.54, 1.807) is 36.4 Å². The van der Waals surface area contributed by atoms with Crippen LogP contribution in [0, 0.1) is 0 Å². The third kappa shape index (κ3) is 2.64. The Kier molecular flexibility index (Phi) is 3.41. The Hall–Kier alpha value is -2.66. The Morgan fingerprint density at radius 3 is 2.67 bits per heavy atom. The number of hydrogen-bond donors (Lipinski definition) is 1. The highest BCUT2D eigenvalue weighted by molar-refractivity contribution is 6.30. The van der Waals surface area contributed by atoms with E-state index in [2.05, 4.69) is 10.3 Å². The van der Waals surface area contributed by atoms with Crippen molar-refractivity contribution in [3.05, 3.63) is 71.0 Å². The van der Waals surface area contributed by atoms with Crippen molar-refractivity contribution in [3.8, 4) is 11.4 Å². The van der Waals surface area contributed by atoms with E-state index in [4.69, 9.17) is 11.6 Å². The monoisotopic (exact) mass is 299 g/mol. The quantitative estimate of drug-likeness (QED) is 0.755. The molecule has 0 bridgehead atoms. The minimum absolute atomic E-state index is 0.00279. The molecule has 1 N–H and O–H groups in total. The van der Waals surface area contributed by atoms with Gasteiger partial charge in [-0.05, 0) is 18.2 Å². The van der Waals surface area contributed by atoms with Crippen molar-refractivity contribution in [2.24, 2.45) is 0 Å². The Balaban J connectivity index is 1.97. The molecule has 0 aliphatic heterocycles. The normalized spacial score (nSPS) is 10.5. The van der Waals surface area contributed by atoms with Gasteiger partial charge in [0.2, 0.25) is 5.78 Å². The van der Waals surface area contributed by atoms with Crippen LogP contribution in [-0.2, 0) is 0 Å². The molecular weight excluding hydrogens is 290 g/mol. The summed E-state index contributed by atoms with van der Waals surface area (Å²) < 4.78 is 1.32. The number of carbonyl (C=O) groups is 1. The minimum atomic E-state index is -0.233. The molecule has 5 nitrogen and oxygen atoms in total. The summed E-state index contributed by atoms with van der Waals surface area (Å²) >= 11 is 5.89. The highest BCUT2D eigenvalue weighted by atomic mass is 35.5. The van der Waals surface area contributed by atoms with Crippen molar-refractivity contribution in [2.45, 2.75) is 0 Å². The summed E-state index contributed by atoms with van der Waals surface area (Å²) in [6.07, 6.45) is 1.46. The number of benzene rings is 2. The van der Waals surface area contributed by atoms with Gasteiger partial charge >= 0.3 is 0 Å². The molecule has 0 radical (unpaired) electrons. The van der Waals surface area contributed by atoms with Gasteiger partial charge in [0.1, 0.15) is 11.4 Å². The van der Waals surface area contributed by atoms with Crippen molar-refractivity contribution < 1.29 is 9.90 Å². The maximum Gasteiger partial charge on any atom is 0.214 e. The van der Waals surface area contributed by atoms with Crippen LogP contribution in [0.5, 0.6) is 5.75 Å². The van der Waals surface area contributed by atoms with E-state index in [0.29, 0.717) is 16.3 Å². The van der Waals surface area contributed by atoms with Crippen LogP contribution in [0.2, 0.25) is 5.02 Å². The number of rotatable bonds is 3. The van der Waals surface area contributed by atoms with Gasteiger partial charge in [-0.25, -0.2) is 4.68 Å². The van der Waals surface area contributed by atoms with Crippen LogP contribution in [0.25, 0.3) is 5.69 Å². The van der Waals surface area contributed by atoms with Crippen LogP contribution in [0.3, 0.4) is 0 Å². The zero-order valence-corrected chi connectivity index (χ0v) is 11.5. The summed E-state index contributed by atoms with van der Waals surface area (Å²) in [6.45, 7) is 0. The average molecular weight is 300 g/mol. The lowest BCUT2D eigenvalue weighted by atomic mass is 10.1. The van der Waals surface area contributed by atoms with E-state index in [1.807, 2.05) is 6.07 Å². The van der Waals surface area contributed by atoms with E-state index in [-0.39, 0.29) is 17.2 Å². The topological polar surface area (TPSA) is 68.0 Å². The molecule has 1 heterocycles. The smallest absolute Gasteiger partial charge is 0.214 e. The van der Waals surface area contributed by atoms with Gasteiger partial charge in [0.15, 0.2) is 5.69 Å². The van der Waals surface area contributed by atoms with Gasteiger partial charge in [0.25, 0.3) is 0 Å². The van der Waals surface area contributed by atoms with Crippen molar-refractivity contribution in [2.75, 3.05) is 0 Å². The van der Waals surface area contributed by atoms with Crippen LogP contribution in [0.4, 0.5) is 0 Å². The molecule has 0 aliphatic rings. The Morgan fingerprint density at radius 1 is 1.14 bits per heavy atom. The summed E-state index contributed by atoms with van der Waals surface area (Å²) in [7, 11) is 0. The number of phenols is 1. The molecule has 0 atom stereocenters. The Bertz CT molecular complexity index is 800. The molecule has 3 rings (SSSR count). The minimum Gasteiger partial charge on any atom is -0.506 e.